The lowest BCUT2D eigenvalue weighted by molar-refractivity contribution is -0.0183. The molecule has 96 valence electrons. The minimum Gasteiger partial charge on any atom is -0.378 e. The molecule has 2 N–H and O–H groups in total. The predicted octanol–water partition coefficient (Wildman–Crippen LogP) is 2.06. The van der Waals surface area contributed by atoms with E-state index >= 15 is 0 Å². The van der Waals surface area contributed by atoms with Crippen LogP contribution in [0.25, 0.3) is 11.2 Å². The summed E-state index contributed by atoms with van der Waals surface area (Å²) in [6, 6.07) is 2.34. The van der Waals surface area contributed by atoms with Gasteiger partial charge in [0.1, 0.15) is 5.52 Å². The summed E-state index contributed by atoms with van der Waals surface area (Å²) in [5.41, 5.74) is 8.95. The third-order valence-electron chi connectivity index (χ3n) is 3.65. The Bertz CT molecular complexity index is 572. The molecule has 0 unspecified atom stereocenters. The fraction of sp³-hybridized carbons (Fsp3) is 0.538. The Balaban J connectivity index is 1.93. The lowest BCUT2D eigenvalue weighted by Crippen LogP contribution is -2.34. The average Bonchev–Trinajstić information content (AvgIpc) is 2.62. The monoisotopic (exact) mass is 246 g/mol. The highest BCUT2D eigenvalue weighted by Gasteiger charge is 2.33. The average molecular weight is 246 g/mol. The number of imidazole rings is 1. The molecule has 0 aromatic carbocycles. The normalized spacial score (nSPS) is 23.2. The molecule has 1 fully saturated rings. The number of nitrogens with zero attached hydrogens (tertiary/aromatic N) is 3. The van der Waals surface area contributed by atoms with E-state index in [4.69, 9.17) is 10.5 Å². The molecule has 2 heterocycles. The highest BCUT2D eigenvalue weighted by molar-refractivity contribution is 5.77. The molecule has 0 radical (unpaired) electrons. The van der Waals surface area contributed by atoms with E-state index in [1.807, 2.05) is 26.1 Å². The molecule has 5 nitrogen and oxygen atoms in total. The Hall–Kier alpha value is -1.62. The first kappa shape index (κ1) is 11.5. The van der Waals surface area contributed by atoms with E-state index in [1.165, 1.54) is 0 Å². The molecule has 2 aromatic heterocycles. The van der Waals surface area contributed by atoms with Crippen LogP contribution in [0.15, 0.2) is 12.3 Å². The number of nitrogens with two attached hydrogens (primary N) is 1. The van der Waals surface area contributed by atoms with Gasteiger partial charge in [-0.25, -0.2) is 9.97 Å². The molecule has 18 heavy (non-hydrogen) atoms. The van der Waals surface area contributed by atoms with Crippen molar-refractivity contribution in [2.75, 3.05) is 12.3 Å². The lowest BCUT2D eigenvalue weighted by atomic mass is 9.89. The molecule has 0 aliphatic heterocycles. The fourth-order valence-corrected chi connectivity index (χ4v) is 2.61. The van der Waals surface area contributed by atoms with Crippen molar-refractivity contribution in [3.05, 3.63) is 17.8 Å². The maximum Gasteiger partial charge on any atom is 0.202 e. The highest BCUT2D eigenvalue weighted by Crippen LogP contribution is 2.38. The van der Waals surface area contributed by atoms with Gasteiger partial charge in [-0.05, 0) is 38.3 Å². The molecule has 0 bridgehead atoms. The summed E-state index contributed by atoms with van der Waals surface area (Å²) in [6.07, 6.45) is 4.17. The van der Waals surface area contributed by atoms with Crippen molar-refractivity contribution in [1.29, 1.82) is 0 Å². The van der Waals surface area contributed by atoms with Crippen molar-refractivity contribution in [2.24, 2.45) is 0 Å². The van der Waals surface area contributed by atoms with Crippen LogP contribution in [0.4, 0.5) is 5.95 Å². The van der Waals surface area contributed by atoms with Crippen molar-refractivity contribution in [1.82, 2.24) is 14.5 Å². The zero-order valence-electron chi connectivity index (χ0n) is 10.8. The number of pyridine rings is 1. The number of ether oxygens (including phenoxy) is 1. The number of fused-ring (bicyclic) bond motifs is 1. The second-order valence-electron chi connectivity index (χ2n) is 4.84. The van der Waals surface area contributed by atoms with Gasteiger partial charge in [-0.2, -0.15) is 0 Å². The van der Waals surface area contributed by atoms with Crippen LogP contribution in [0.3, 0.4) is 0 Å². The van der Waals surface area contributed by atoms with Crippen molar-refractivity contribution < 1.29 is 4.74 Å². The first-order valence-electron chi connectivity index (χ1n) is 6.41. The molecule has 0 atom stereocenters. The van der Waals surface area contributed by atoms with E-state index < -0.39 is 0 Å². The number of hydrogen-bond acceptors (Lipinski definition) is 4. The molecular weight excluding hydrogens is 228 g/mol. The van der Waals surface area contributed by atoms with Crippen LogP contribution in [-0.4, -0.2) is 27.2 Å². The van der Waals surface area contributed by atoms with E-state index in [1.54, 1.807) is 0 Å². The second kappa shape index (κ2) is 4.24. The third-order valence-corrected chi connectivity index (χ3v) is 3.65. The molecule has 1 aliphatic carbocycles. The second-order valence-corrected chi connectivity index (χ2v) is 4.84. The smallest absolute Gasteiger partial charge is 0.202 e. The van der Waals surface area contributed by atoms with E-state index in [2.05, 4.69) is 14.5 Å². The molecule has 0 spiro atoms. The van der Waals surface area contributed by atoms with Crippen molar-refractivity contribution in [2.45, 2.75) is 38.8 Å². The minimum atomic E-state index is 0.363. The first-order chi connectivity index (χ1) is 8.70. The third kappa shape index (κ3) is 1.66. The molecule has 1 aliphatic rings. The van der Waals surface area contributed by atoms with Gasteiger partial charge in [0.25, 0.3) is 0 Å². The largest absolute Gasteiger partial charge is 0.378 e. The van der Waals surface area contributed by atoms with Gasteiger partial charge < -0.3 is 10.5 Å². The van der Waals surface area contributed by atoms with E-state index in [9.17, 15) is 0 Å². The maximum absolute atomic E-state index is 6.02. The summed E-state index contributed by atoms with van der Waals surface area (Å²) in [5, 5.41) is 0. The van der Waals surface area contributed by atoms with Gasteiger partial charge >= 0.3 is 0 Å². The summed E-state index contributed by atoms with van der Waals surface area (Å²) in [4.78, 5) is 8.84. The maximum atomic E-state index is 6.02. The Labute approximate surface area is 106 Å². The van der Waals surface area contributed by atoms with Crippen LogP contribution in [0.5, 0.6) is 0 Å². The Morgan fingerprint density at radius 3 is 3.00 bits per heavy atom. The minimum absolute atomic E-state index is 0.363. The number of rotatable bonds is 3. The topological polar surface area (TPSA) is 66.0 Å². The van der Waals surface area contributed by atoms with Gasteiger partial charge in [-0.3, -0.25) is 4.57 Å². The number of hydrogen-bond donors (Lipinski definition) is 1. The molecule has 3 rings (SSSR count). The van der Waals surface area contributed by atoms with Crippen LogP contribution in [0.1, 0.15) is 31.4 Å². The number of nitrogen functional groups attached to an aromatic ring is 1. The summed E-state index contributed by atoms with van der Waals surface area (Å²) >= 11 is 0. The van der Waals surface area contributed by atoms with E-state index in [0.717, 1.165) is 36.2 Å². The lowest BCUT2D eigenvalue weighted by Gasteiger charge is -2.36. The standard InChI is InChI=1S/C13H18N4O/c1-3-18-10-6-9(7-10)17-12-11(16-13(17)14)8(2)4-5-15-12/h4-5,9-10H,3,6-7H2,1-2H3,(H2,14,16). The van der Waals surface area contributed by atoms with Crippen LogP contribution >= 0.6 is 0 Å². The predicted molar refractivity (Wildman–Crippen MR) is 70.4 cm³/mol. The Morgan fingerprint density at radius 2 is 2.28 bits per heavy atom. The summed E-state index contributed by atoms with van der Waals surface area (Å²) < 4.78 is 7.64. The molecule has 0 amide bonds. The SMILES string of the molecule is CCOC1CC(n2c(N)nc3c(C)ccnc32)C1. The van der Waals surface area contributed by atoms with Gasteiger partial charge in [-0.15, -0.1) is 0 Å². The van der Waals surface area contributed by atoms with Gasteiger partial charge in [-0.1, -0.05) is 0 Å². The molecule has 5 heteroatoms. The zero-order chi connectivity index (χ0) is 12.7. The van der Waals surface area contributed by atoms with Crippen molar-refractivity contribution >= 4 is 17.1 Å². The van der Waals surface area contributed by atoms with Gasteiger partial charge in [0.05, 0.1) is 6.10 Å². The molecular formula is C13H18N4O. The quantitative estimate of drug-likeness (QED) is 0.900. The van der Waals surface area contributed by atoms with Gasteiger partial charge in [0, 0.05) is 18.8 Å². The number of aromatic nitrogens is 3. The van der Waals surface area contributed by atoms with E-state index in [-0.39, 0.29) is 0 Å². The molecule has 0 saturated heterocycles. The first-order valence-corrected chi connectivity index (χ1v) is 6.41. The highest BCUT2D eigenvalue weighted by atomic mass is 16.5. The summed E-state index contributed by atoms with van der Waals surface area (Å²) in [6.45, 7) is 4.83. The van der Waals surface area contributed by atoms with Crippen LogP contribution in [0.2, 0.25) is 0 Å². The molecule has 1 saturated carbocycles. The Kier molecular flexibility index (Phi) is 2.70. The Morgan fingerprint density at radius 1 is 1.50 bits per heavy atom. The fourth-order valence-electron chi connectivity index (χ4n) is 2.61. The van der Waals surface area contributed by atoms with Crippen molar-refractivity contribution in [3.63, 3.8) is 0 Å². The number of aryl methyl sites for hydroxylation is 1. The van der Waals surface area contributed by atoms with E-state index in [0.29, 0.717) is 18.1 Å². The van der Waals surface area contributed by atoms with Gasteiger partial charge in [0.2, 0.25) is 5.95 Å². The summed E-state index contributed by atoms with van der Waals surface area (Å²) in [7, 11) is 0. The summed E-state index contributed by atoms with van der Waals surface area (Å²) in [5.74, 6) is 0.562. The van der Waals surface area contributed by atoms with Crippen molar-refractivity contribution in [3.8, 4) is 0 Å². The zero-order valence-corrected chi connectivity index (χ0v) is 10.8. The van der Waals surface area contributed by atoms with Gasteiger partial charge in [0.15, 0.2) is 5.65 Å². The molecule has 2 aromatic rings. The van der Waals surface area contributed by atoms with Crippen LogP contribution < -0.4 is 5.73 Å². The van der Waals surface area contributed by atoms with Crippen LogP contribution in [0, 0.1) is 6.92 Å². The number of anilines is 1. The van der Waals surface area contributed by atoms with Crippen LogP contribution in [-0.2, 0) is 4.74 Å².